The second-order valence-electron chi connectivity index (χ2n) is 6.55. The molecule has 0 saturated heterocycles. The SMILES string of the molecule is Cc1ccc(-c2c(C(=O)N[C@H](C)c3ccccn3)nc3ccccn23)cc1. The molecule has 0 spiro atoms. The minimum Gasteiger partial charge on any atom is -0.343 e. The Hall–Kier alpha value is -3.47. The number of fused-ring (bicyclic) bond motifs is 1. The minimum absolute atomic E-state index is 0.214. The van der Waals surface area contributed by atoms with Crippen molar-refractivity contribution in [2.24, 2.45) is 0 Å². The summed E-state index contributed by atoms with van der Waals surface area (Å²) in [6.07, 6.45) is 3.65. The Balaban J connectivity index is 1.75. The third-order valence-corrected chi connectivity index (χ3v) is 4.55. The van der Waals surface area contributed by atoms with E-state index in [1.54, 1.807) is 6.20 Å². The van der Waals surface area contributed by atoms with Gasteiger partial charge in [0.1, 0.15) is 5.65 Å². The number of rotatable bonds is 4. The van der Waals surface area contributed by atoms with Gasteiger partial charge in [0.05, 0.1) is 17.4 Å². The van der Waals surface area contributed by atoms with Gasteiger partial charge in [-0.25, -0.2) is 4.98 Å². The maximum Gasteiger partial charge on any atom is 0.272 e. The summed E-state index contributed by atoms with van der Waals surface area (Å²) in [5.74, 6) is -0.215. The van der Waals surface area contributed by atoms with Crippen LogP contribution in [0.15, 0.2) is 73.1 Å². The van der Waals surface area contributed by atoms with E-state index < -0.39 is 0 Å². The lowest BCUT2D eigenvalue weighted by Gasteiger charge is -2.13. The third-order valence-electron chi connectivity index (χ3n) is 4.55. The summed E-state index contributed by atoms with van der Waals surface area (Å²) in [7, 11) is 0. The lowest BCUT2D eigenvalue weighted by Crippen LogP contribution is -2.28. The number of hydrogen-bond donors (Lipinski definition) is 1. The number of carbonyl (C=O) groups excluding carboxylic acids is 1. The lowest BCUT2D eigenvalue weighted by molar-refractivity contribution is 0.0935. The van der Waals surface area contributed by atoms with E-state index >= 15 is 0 Å². The van der Waals surface area contributed by atoms with Crippen LogP contribution in [-0.4, -0.2) is 20.3 Å². The van der Waals surface area contributed by atoms with Crippen molar-refractivity contribution in [3.05, 3.63) is 90.0 Å². The molecule has 0 bridgehead atoms. The predicted octanol–water partition coefficient (Wildman–Crippen LogP) is 4.20. The molecule has 3 heterocycles. The number of carbonyl (C=O) groups is 1. The van der Waals surface area contributed by atoms with Gasteiger partial charge in [-0.05, 0) is 38.1 Å². The molecule has 0 aliphatic rings. The van der Waals surface area contributed by atoms with Crippen molar-refractivity contribution in [1.29, 1.82) is 0 Å². The van der Waals surface area contributed by atoms with E-state index in [9.17, 15) is 4.79 Å². The summed E-state index contributed by atoms with van der Waals surface area (Å²) in [6, 6.07) is 19.3. The zero-order valence-corrected chi connectivity index (χ0v) is 15.3. The van der Waals surface area contributed by atoms with Crippen LogP contribution in [-0.2, 0) is 0 Å². The van der Waals surface area contributed by atoms with Gasteiger partial charge in [0, 0.05) is 18.0 Å². The van der Waals surface area contributed by atoms with E-state index in [0.29, 0.717) is 5.69 Å². The highest BCUT2D eigenvalue weighted by Gasteiger charge is 2.22. The highest BCUT2D eigenvalue weighted by atomic mass is 16.2. The van der Waals surface area contributed by atoms with Crippen LogP contribution in [0.2, 0.25) is 0 Å². The number of benzene rings is 1. The fourth-order valence-electron chi connectivity index (χ4n) is 3.11. The number of imidazole rings is 1. The Kier molecular flexibility index (Phi) is 4.42. The Labute approximate surface area is 157 Å². The van der Waals surface area contributed by atoms with Gasteiger partial charge in [-0.1, -0.05) is 42.0 Å². The fourth-order valence-corrected chi connectivity index (χ4v) is 3.11. The van der Waals surface area contributed by atoms with Crippen molar-refractivity contribution in [2.45, 2.75) is 19.9 Å². The van der Waals surface area contributed by atoms with E-state index in [2.05, 4.69) is 15.3 Å². The fraction of sp³-hybridized carbons (Fsp3) is 0.136. The van der Waals surface area contributed by atoms with Crippen molar-refractivity contribution in [2.75, 3.05) is 0 Å². The van der Waals surface area contributed by atoms with Gasteiger partial charge >= 0.3 is 0 Å². The van der Waals surface area contributed by atoms with Crippen molar-refractivity contribution >= 4 is 11.6 Å². The zero-order chi connectivity index (χ0) is 18.8. The van der Waals surface area contributed by atoms with Crippen molar-refractivity contribution in [1.82, 2.24) is 19.7 Å². The predicted molar refractivity (Wildman–Crippen MR) is 105 cm³/mol. The highest BCUT2D eigenvalue weighted by Crippen LogP contribution is 2.26. The van der Waals surface area contributed by atoms with Crippen molar-refractivity contribution in [3.8, 4) is 11.3 Å². The monoisotopic (exact) mass is 356 g/mol. The number of pyridine rings is 2. The first-order valence-electron chi connectivity index (χ1n) is 8.89. The van der Waals surface area contributed by atoms with Gasteiger partial charge in [-0.15, -0.1) is 0 Å². The van der Waals surface area contributed by atoms with Gasteiger partial charge in [0.25, 0.3) is 5.91 Å². The second-order valence-corrected chi connectivity index (χ2v) is 6.55. The maximum absolute atomic E-state index is 13.0. The van der Waals surface area contributed by atoms with Crippen LogP contribution in [0, 0.1) is 6.92 Å². The average Bonchev–Trinajstić information content (AvgIpc) is 3.09. The standard InChI is InChI=1S/C22H20N4O/c1-15-9-11-17(12-10-15)21-20(25-19-8-4-6-14-26(19)21)22(27)24-16(2)18-7-3-5-13-23-18/h3-14,16H,1-2H3,(H,24,27)/t16-/m1/s1. The number of aryl methyl sites for hydroxylation is 1. The van der Waals surface area contributed by atoms with E-state index in [0.717, 1.165) is 22.6 Å². The van der Waals surface area contributed by atoms with Crippen molar-refractivity contribution < 1.29 is 4.79 Å². The summed E-state index contributed by atoms with van der Waals surface area (Å²) < 4.78 is 1.95. The molecule has 27 heavy (non-hydrogen) atoms. The molecule has 134 valence electrons. The van der Waals surface area contributed by atoms with Gasteiger partial charge in [0.2, 0.25) is 0 Å². The number of hydrogen-bond acceptors (Lipinski definition) is 3. The highest BCUT2D eigenvalue weighted by molar-refractivity contribution is 5.99. The maximum atomic E-state index is 13.0. The van der Waals surface area contributed by atoms with Gasteiger partial charge < -0.3 is 5.32 Å². The van der Waals surface area contributed by atoms with Gasteiger partial charge in [-0.2, -0.15) is 0 Å². The summed E-state index contributed by atoms with van der Waals surface area (Å²) in [4.78, 5) is 22.0. The molecule has 0 radical (unpaired) electrons. The van der Waals surface area contributed by atoms with Crippen LogP contribution < -0.4 is 5.32 Å². The molecule has 1 atom stereocenters. The van der Waals surface area contributed by atoms with Crippen LogP contribution in [0.25, 0.3) is 16.9 Å². The first-order valence-corrected chi connectivity index (χ1v) is 8.89. The van der Waals surface area contributed by atoms with Crippen LogP contribution in [0.3, 0.4) is 0 Å². The second kappa shape index (κ2) is 7.03. The Morgan fingerprint density at radius 3 is 2.56 bits per heavy atom. The molecule has 3 aromatic heterocycles. The van der Waals surface area contributed by atoms with E-state index in [4.69, 9.17) is 0 Å². The number of aromatic nitrogens is 3. The Morgan fingerprint density at radius 2 is 1.81 bits per heavy atom. The average molecular weight is 356 g/mol. The van der Waals surface area contributed by atoms with Gasteiger partial charge in [-0.3, -0.25) is 14.2 Å². The summed E-state index contributed by atoms with van der Waals surface area (Å²) in [5, 5.41) is 3.02. The van der Waals surface area contributed by atoms with Crippen LogP contribution in [0.4, 0.5) is 0 Å². The lowest BCUT2D eigenvalue weighted by atomic mass is 10.1. The topological polar surface area (TPSA) is 59.3 Å². The Bertz CT molecular complexity index is 1080. The molecule has 0 aliphatic carbocycles. The molecule has 0 unspecified atom stereocenters. The first kappa shape index (κ1) is 17.0. The van der Waals surface area contributed by atoms with Crippen LogP contribution in [0.5, 0.6) is 0 Å². The molecule has 5 nitrogen and oxygen atoms in total. The van der Waals surface area contributed by atoms with E-state index in [-0.39, 0.29) is 11.9 Å². The first-order chi connectivity index (χ1) is 13.1. The molecule has 1 amide bonds. The molecular formula is C22H20N4O. The van der Waals surface area contributed by atoms with Crippen molar-refractivity contribution in [3.63, 3.8) is 0 Å². The molecule has 0 fully saturated rings. The van der Waals surface area contributed by atoms with Crippen LogP contribution >= 0.6 is 0 Å². The quantitative estimate of drug-likeness (QED) is 0.596. The number of amides is 1. The largest absolute Gasteiger partial charge is 0.343 e. The summed E-state index contributed by atoms with van der Waals surface area (Å²) >= 11 is 0. The molecule has 4 aromatic rings. The van der Waals surface area contributed by atoms with Crippen LogP contribution in [0.1, 0.15) is 34.7 Å². The third kappa shape index (κ3) is 3.31. The zero-order valence-electron chi connectivity index (χ0n) is 15.3. The molecule has 1 N–H and O–H groups in total. The molecule has 5 heteroatoms. The summed E-state index contributed by atoms with van der Waals surface area (Å²) in [5.41, 5.74) is 4.87. The number of nitrogens with one attached hydrogen (secondary N) is 1. The number of nitrogens with zero attached hydrogens (tertiary/aromatic N) is 3. The van der Waals surface area contributed by atoms with Gasteiger partial charge in [0.15, 0.2) is 5.69 Å². The minimum atomic E-state index is -0.215. The molecule has 4 rings (SSSR count). The molecule has 0 saturated carbocycles. The molecule has 0 aliphatic heterocycles. The normalized spacial score (nSPS) is 12.1. The Morgan fingerprint density at radius 1 is 1.04 bits per heavy atom. The molecule has 1 aromatic carbocycles. The molecular weight excluding hydrogens is 336 g/mol. The smallest absolute Gasteiger partial charge is 0.272 e. The van der Waals surface area contributed by atoms with E-state index in [1.165, 1.54) is 5.56 Å². The van der Waals surface area contributed by atoms with E-state index in [1.807, 2.05) is 85.1 Å². The summed E-state index contributed by atoms with van der Waals surface area (Å²) in [6.45, 7) is 3.96.